The minimum absolute atomic E-state index is 0.0757. The summed E-state index contributed by atoms with van der Waals surface area (Å²) in [6.07, 6.45) is 0.331. The second kappa shape index (κ2) is 13.9. The summed E-state index contributed by atoms with van der Waals surface area (Å²) in [5.74, 6) is -1.31. The van der Waals surface area contributed by atoms with Crippen molar-refractivity contribution in [2.75, 3.05) is 13.7 Å². The Labute approximate surface area is 212 Å². The van der Waals surface area contributed by atoms with Crippen molar-refractivity contribution in [2.24, 2.45) is 5.41 Å². The van der Waals surface area contributed by atoms with Crippen LogP contribution in [0, 0.1) is 5.41 Å². The van der Waals surface area contributed by atoms with Gasteiger partial charge >= 0.3 is 6.16 Å². The Morgan fingerprint density at radius 1 is 1.00 bits per heavy atom. The standard InChI is InChI=1S/C25H42N2O9/c1-25(2,3)13-12-18(28)19(29)20(30)21(34-4)23(32)27-17-11-10-16(14-26-22(17)31)36-24(33)35-15-8-6-5-7-9-15/h12-13,15-21,28-30H,5-11,14H2,1-4H3,(H,26,31)(H,27,32). The normalized spacial score (nSPS) is 25.2. The molecule has 1 aliphatic carbocycles. The molecule has 0 spiro atoms. The predicted octanol–water partition coefficient (Wildman–Crippen LogP) is 0.936. The number of carbonyl (C=O) groups excluding carboxylic acids is 3. The average Bonchev–Trinajstić information content (AvgIpc) is 2.98. The number of methoxy groups -OCH3 is 1. The van der Waals surface area contributed by atoms with Crippen LogP contribution in [-0.4, -0.2) is 89.6 Å². The third kappa shape index (κ3) is 9.68. The Morgan fingerprint density at radius 2 is 1.64 bits per heavy atom. The third-order valence-electron chi connectivity index (χ3n) is 6.31. The summed E-state index contributed by atoms with van der Waals surface area (Å²) in [5.41, 5.74) is -0.259. The van der Waals surface area contributed by atoms with Crippen molar-refractivity contribution >= 4 is 18.0 Å². The second-order valence-corrected chi connectivity index (χ2v) is 10.6. The highest BCUT2D eigenvalue weighted by Gasteiger charge is 2.37. The van der Waals surface area contributed by atoms with Gasteiger partial charge in [-0.05, 0) is 43.9 Å². The zero-order valence-corrected chi connectivity index (χ0v) is 21.6. The van der Waals surface area contributed by atoms with Crippen LogP contribution in [0.3, 0.4) is 0 Å². The zero-order chi connectivity index (χ0) is 26.9. The molecule has 1 aliphatic heterocycles. The molecule has 1 heterocycles. The molecule has 1 saturated heterocycles. The maximum Gasteiger partial charge on any atom is 0.508 e. The maximum absolute atomic E-state index is 12.8. The van der Waals surface area contributed by atoms with Crippen LogP contribution in [0.25, 0.3) is 0 Å². The second-order valence-electron chi connectivity index (χ2n) is 10.6. The summed E-state index contributed by atoms with van der Waals surface area (Å²) in [7, 11) is 1.17. The number of hydrogen-bond donors (Lipinski definition) is 5. The van der Waals surface area contributed by atoms with Gasteiger partial charge < -0.3 is 40.2 Å². The van der Waals surface area contributed by atoms with Crippen LogP contribution in [0.5, 0.6) is 0 Å². The molecule has 0 aromatic carbocycles. The van der Waals surface area contributed by atoms with Crippen molar-refractivity contribution in [2.45, 2.75) is 108 Å². The molecule has 5 N–H and O–H groups in total. The number of nitrogens with one attached hydrogen (secondary N) is 2. The van der Waals surface area contributed by atoms with Gasteiger partial charge in [0.2, 0.25) is 5.91 Å². The summed E-state index contributed by atoms with van der Waals surface area (Å²) >= 11 is 0. The molecule has 2 aliphatic rings. The highest BCUT2D eigenvalue weighted by atomic mass is 16.7. The van der Waals surface area contributed by atoms with Crippen molar-refractivity contribution in [1.82, 2.24) is 10.6 Å². The lowest BCUT2D eigenvalue weighted by Crippen LogP contribution is -2.55. The molecule has 2 amide bonds. The topological polar surface area (TPSA) is 164 Å². The number of ether oxygens (including phenoxy) is 3. The fraction of sp³-hybridized carbons (Fsp3) is 0.800. The third-order valence-corrected chi connectivity index (χ3v) is 6.31. The molecule has 2 rings (SSSR count). The van der Waals surface area contributed by atoms with Crippen LogP contribution in [-0.2, 0) is 23.8 Å². The first-order chi connectivity index (χ1) is 16.9. The van der Waals surface area contributed by atoms with Gasteiger partial charge in [0.25, 0.3) is 5.91 Å². The Morgan fingerprint density at radius 3 is 2.25 bits per heavy atom. The van der Waals surface area contributed by atoms with E-state index in [1.807, 2.05) is 20.8 Å². The largest absolute Gasteiger partial charge is 0.508 e. The van der Waals surface area contributed by atoms with Crippen molar-refractivity contribution in [3.05, 3.63) is 12.2 Å². The molecule has 11 nitrogen and oxygen atoms in total. The van der Waals surface area contributed by atoms with Gasteiger partial charge in [-0.25, -0.2) is 4.79 Å². The lowest BCUT2D eigenvalue weighted by atomic mass is 9.94. The van der Waals surface area contributed by atoms with E-state index in [4.69, 9.17) is 14.2 Å². The molecule has 36 heavy (non-hydrogen) atoms. The SMILES string of the molecule is COC(C(=O)NC1CCC(OC(=O)OC2CCCCC2)CNC1=O)C(O)C(O)C(O)C=CC(C)(C)C. The molecule has 0 bridgehead atoms. The summed E-state index contributed by atoms with van der Waals surface area (Å²) in [4.78, 5) is 37.4. The van der Waals surface area contributed by atoms with E-state index in [0.29, 0.717) is 6.42 Å². The number of amides is 2. The van der Waals surface area contributed by atoms with E-state index in [9.17, 15) is 29.7 Å². The minimum Gasteiger partial charge on any atom is -0.431 e. The van der Waals surface area contributed by atoms with E-state index in [-0.39, 0.29) is 24.5 Å². The van der Waals surface area contributed by atoms with Gasteiger partial charge in [0.1, 0.15) is 36.6 Å². The van der Waals surface area contributed by atoms with Crippen LogP contribution in [0.15, 0.2) is 12.2 Å². The summed E-state index contributed by atoms with van der Waals surface area (Å²) < 4.78 is 15.8. The van der Waals surface area contributed by atoms with E-state index in [0.717, 1.165) is 32.1 Å². The van der Waals surface area contributed by atoms with Crippen molar-refractivity contribution < 1.29 is 43.9 Å². The molecule has 1 saturated carbocycles. The number of aliphatic hydroxyl groups is 3. The molecular weight excluding hydrogens is 472 g/mol. The summed E-state index contributed by atoms with van der Waals surface area (Å²) in [6, 6.07) is -0.965. The van der Waals surface area contributed by atoms with E-state index in [2.05, 4.69) is 10.6 Å². The Balaban J connectivity index is 1.89. The predicted molar refractivity (Wildman–Crippen MR) is 130 cm³/mol. The van der Waals surface area contributed by atoms with E-state index < -0.39 is 54.5 Å². The Hall–Kier alpha value is -2.21. The first-order valence-electron chi connectivity index (χ1n) is 12.6. The van der Waals surface area contributed by atoms with Gasteiger partial charge in [-0.1, -0.05) is 39.3 Å². The van der Waals surface area contributed by atoms with Crippen LogP contribution < -0.4 is 10.6 Å². The fourth-order valence-corrected chi connectivity index (χ4v) is 4.18. The molecule has 2 fully saturated rings. The maximum atomic E-state index is 12.8. The molecule has 0 radical (unpaired) electrons. The molecule has 0 aromatic heterocycles. The quantitative estimate of drug-likeness (QED) is 0.222. The monoisotopic (exact) mass is 514 g/mol. The highest BCUT2D eigenvalue weighted by Crippen LogP contribution is 2.21. The van der Waals surface area contributed by atoms with Gasteiger partial charge in [-0.15, -0.1) is 0 Å². The van der Waals surface area contributed by atoms with Gasteiger partial charge in [-0.2, -0.15) is 0 Å². The molecule has 6 atom stereocenters. The van der Waals surface area contributed by atoms with Gasteiger partial charge in [0.15, 0.2) is 6.10 Å². The smallest absolute Gasteiger partial charge is 0.431 e. The van der Waals surface area contributed by atoms with Crippen molar-refractivity contribution in [1.29, 1.82) is 0 Å². The molecule has 206 valence electrons. The number of allylic oxidation sites excluding steroid dienone is 1. The zero-order valence-electron chi connectivity index (χ0n) is 21.6. The highest BCUT2D eigenvalue weighted by molar-refractivity contribution is 5.89. The molecule has 6 unspecified atom stereocenters. The lowest BCUT2D eigenvalue weighted by molar-refractivity contribution is -0.150. The van der Waals surface area contributed by atoms with Crippen LogP contribution in [0.1, 0.15) is 65.7 Å². The fourth-order valence-electron chi connectivity index (χ4n) is 4.18. The van der Waals surface area contributed by atoms with E-state index in [1.165, 1.54) is 13.2 Å². The molecule has 11 heteroatoms. The van der Waals surface area contributed by atoms with Gasteiger partial charge in [0.05, 0.1) is 6.54 Å². The van der Waals surface area contributed by atoms with Crippen LogP contribution in [0.4, 0.5) is 4.79 Å². The van der Waals surface area contributed by atoms with Gasteiger partial charge in [-0.3, -0.25) is 9.59 Å². The average molecular weight is 515 g/mol. The number of rotatable bonds is 9. The Bertz CT molecular complexity index is 761. The van der Waals surface area contributed by atoms with Crippen LogP contribution in [0.2, 0.25) is 0 Å². The van der Waals surface area contributed by atoms with E-state index >= 15 is 0 Å². The first kappa shape index (κ1) is 30.0. The van der Waals surface area contributed by atoms with E-state index in [1.54, 1.807) is 6.08 Å². The molecule has 0 aromatic rings. The number of hydrogen-bond acceptors (Lipinski definition) is 9. The number of carbonyl (C=O) groups is 3. The minimum atomic E-state index is -1.76. The molecular formula is C25H42N2O9. The first-order valence-corrected chi connectivity index (χ1v) is 12.6. The van der Waals surface area contributed by atoms with Crippen molar-refractivity contribution in [3.8, 4) is 0 Å². The summed E-state index contributed by atoms with van der Waals surface area (Å²) in [6.45, 7) is 5.78. The van der Waals surface area contributed by atoms with Crippen LogP contribution >= 0.6 is 0 Å². The Kier molecular flexibility index (Phi) is 11.6. The van der Waals surface area contributed by atoms with Crippen molar-refractivity contribution in [3.63, 3.8) is 0 Å². The summed E-state index contributed by atoms with van der Waals surface area (Å²) in [5, 5.41) is 36.1. The van der Waals surface area contributed by atoms with Gasteiger partial charge in [0, 0.05) is 7.11 Å². The lowest BCUT2D eigenvalue weighted by Gasteiger charge is -2.28. The number of aliphatic hydroxyl groups excluding tert-OH is 3.